The molecule has 0 aliphatic carbocycles. The molecule has 0 fully saturated rings. The van der Waals surface area contributed by atoms with E-state index in [0.717, 1.165) is 18.5 Å². The molecular formula is C19H21FN4O. The van der Waals surface area contributed by atoms with E-state index in [9.17, 15) is 14.4 Å². The molecule has 0 saturated carbocycles. The standard InChI is InChI=1S/C19H21FN4O/c1-4-5-10-22-19(25)15(12-21)11-18-13(2)23-24(14(18)3)17-8-6-16(20)7-9-17/h6-9,11H,4-5,10H2,1-3H3,(H,22,25)/b15-11-. The van der Waals surface area contributed by atoms with E-state index in [4.69, 9.17) is 0 Å². The van der Waals surface area contributed by atoms with Crippen LogP contribution in [0.2, 0.25) is 0 Å². The van der Waals surface area contributed by atoms with Crippen molar-refractivity contribution in [1.29, 1.82) is 5.26 Å². The zero-order chi connectivity index (χ0) is 18.4. The third-order valence-electron chi connectivity index (χ3n) is 3.89. The van der Waals surface area contributed by atoms with Gasteiger partial charge in [-0.25, -0.2) is 9.07 Å². The number of nitriles is 1. The average molecular weight is 340 g/mol. The molecule has 0 aliphatic rings. The molecule has 1 N–H and O–H groups in total. The van der Waals surface area contributed by atoms with Gasteiger partial charge in [0.05, 0.1) is 11.4 Å². The first-order valence-corrected chi connectivity index (χ1v) is 8.20. The highest BCUT2D eigenvalue weighted by Crippen LogP contribution is 2.21. The quantitative estimate of drug-likeness (QED) is 0.497. The van der Waals surface area contributed by atoms with Gasteiger partial charge in [0.15, 0.2) is 0 Å². The number of nitrogens with zero attached hydrogens (tertiary/aromatic N) is 3. The van der Waals surface area contributed by atoms with Crippen LogP contribution in [-0.4, -0.2) is 22.2 Å². The Kier molecular flexibility index (Phi) is 6.07. The van der Waals surface area contributed by atoms with E-state index in [1.165, 1.54) is 12.1 Å². The molecule has 0 aliphatic heterocycles. The molecule has 2 aromatic rings. The number of halogens is 1. The summed E-state index contributed by atoms with van der Waals surface area (Å²) in [6, 6.07) is 7.94. The highest BCUT2D eigenvalue weighted by Gasteiger charge is 2.15. The van der Waals surface area contributed by atoms with Crippen molar-refractivity contribution in [1.82, 2.24) is 15.1 Å². The van der Waals surface area contributed by atoms with Crippen LogP contribution in [0.1, 0.15) is 36.7 Å². The van der Waals surface area contributed by atoms with Crippen LogP contribution in [0.3, 0.4) is 0 Å². The molecule has 0 atom stereocenters. The van der Waals surface area contributed by atoms with Gasteiger partial charge in [-0.3, -0.25) is 4.79 Å². The number of hydrogen-bond donors (Lipinski definition) is 1. The van der Waals surface area contributed by atoms with Gasteiger partial charge in [0, 0.05) is 17.8 Å². The number of benzene rings is 1. The zero-order valence-electron chi connectivity index (χ0n) is 14.6. The van der Waals surface area contributed by atoms with Gasteiger partial charge in [0.25, 0.3) is 5.91 Å². The van der Waals surface area contributed by atoms with Crippen LogP contribution in [-0.2, 0) is 4.79 Å². The minimum Gasteiger partial charge on any atom is -0.351 e. The molecule has 1 aromatic carbocycles. The maximum atomic E-state index is 13.1. The highest BCUT2D eigenvalue weighted by molar-refractivity contribution is 6.01. The third-order valence-corrected chi connectivity index (χ3v) is 3.89. The van der Waals surface area contributed by atoms with Crippen molar-refractivity contribution in [3.05, 3.63) is 52.6 Å². The van der Waals surface area contributed by atoms with E-state index in [1.54, 1.807) is 22.9 Å². The monoisotopic (exact) mass is 340 g/mol. The summed E-state index contributed by atoms with van der Waals surface area (Å²) in [7, 11) is 0. The summed E-state index contributed by atoms with van der Waals surface area (Å²) < 4.78 is 14.8. The lowest BCUT2D eigenvalue weighted by molar-refractivity contribution is -0.117. The average Bonchev–Trinajstić information content (AvgIpc) is 2.88. The smallest absolute Gasteiger partial charge is 0.261 e. The SMILES string of the molecule is CCCCNC(=O)/C(C#N)=C\c1c(C)nn(-c2ccc(F)cc2)c1C. The highest BCUT2D eigenvalue weighted by atomic mass is 19.1. The zero-order valence-corrected chi connectivity index (χ0v) is 14.6. The predicted molar refractivity (Wildman–Crippen MR) is 94.5 cm³/mol. The fourth-order valence-electron chi connectivity index (χ4n) is 2.46. The molecule has 1 amide bonds. The molecule has 130 valence electrons. The number of unbranched alkanes of at least 4 members (excludes halogenated alkanes) is 1. The first-order chi connectivity index (χ1) is 12.0. The fourth-order valence-corrected chi connectivity index (χ4v) is 2.46. The van der Waals surface area contributed by atoms with Crippen molar-refractivity contribution < 1.29 is 9.18 Å². The van der Waals surface area contributed by atoms with Gasteiger partial charge in [-0.05, 0) is 50.6 Å². The summed E-state index contributed by atoms with van der Waals surface area (Å²) in [4.78, 5) is 12.1. The molecule has 0 saturated heterocycles. The van der Waals surface area contributed by atoms with Crippen LogP contribution in [0, 0.1) is 31.0 Å². The number of carbonyl (C=O) groups is 1. The molecule has 0 spiro atoms. The first-order valence-electron chi connectivity index (χ1n) is 8.20. The topological polar surface area (TPSA) is 70.7 Å². The van der Waals surface area contributed by atoms with E-state index in [-0.39, 0.29) is 17.3 Å². The Bertz CT molecular complexity index is 828. The van der Waals surface area contributed by atoms with Crippen LogP contribution in [0.5, 0.6) is 0 Å². The Morgan fingerprint density at radius 1 is 1.36 bits per heavy atom. The number of aryl methyl sites for hydroxylation is 1. The second-order valence-electron chi connectivity index (χ2n) is 5.75. The molecule has 25 heavy (non-hydrogen) atoms. The van der Waals surface area contributed by atoms with Gasteiger partial charge in [0.2, 0.25) is 0 Å². The Morgan fingerprint density at radius 2 is 2.04 bits per heavy atom. The summed E-state index contributed by atoms with van der Waals surface area (Å²) in [5.74, 6) is -0.704. The van der Waals surface area contributed by atoms with Crippen LogP contribution in [0.4, 0.5) is 4.39 Å². The number of nitrogens with one attached hydrogen (secondary N) is 1. The second-order valence-corrected chi connectivity index (χ2v) is 5.75. The molecule has 6 heteroatoms. The molecule has 0 bridgehead atoms. The number of rotatable bonds is 6. The minimum absolute atomic E-state index is 0.0426. The van der Waals surface area contributed by atoms with Crippen molar-refractivity contribution >= 4 is 12.0 Å². The van der Waals surface area contributed by atoms with Crippen molar-refractivity contribution in [3.63, 3.8) is 0 Å². The third kappa shape index (κ3) is 4.32. The lowest BCUT2D eigenvalue weighted by Crippen LogP contribution is -2.25. The van der Waals surface area contributed by atoms with Crippen molar-refractivity contribution in [2.24, 2.45) is 0 Å². The predicted octanol–water partition coefficient (Wildman–Crippen LogP) is 3.45. The van der Waals surface area contributed by atoms with Gasteiger partial charge >= 0.3 is 0 Å². The van der Waals surface area contributed by atoms with Crippen molar-refractivity contribution in [3.8, 4) is 11.8 Å². The normalized spacial score (nSPS) is 11.2. The van der Waals surface area contributed by atoms with Gasteiger partial charge < -0.3 is 5.32 Å². The summed E-state index contributed by atoms with van der Waals surface area (Å²) in [5.41, 5.74) is 2.94. The lowest BCUT2D eigenvalue weighted by atomic mass is 10.1. The lowest BCUT2D eigenvalue weighted by Gasteiger charge is -2.05. The molecule has 5 nitrogen and oxygen atoms in total. The Balaban J connectivity index is 2.34. The number of hydrogen-bond acceptors (Lipinski definition) is 3. The molecule has 2 rings (SSSR count). The van der Waals surface area contributed by atoms with Crippen LogP contribution >= 0.6 is 0 Å². The molecular weight excluding hydrogens is 319 g/mol. The number of amides is 1. The maximum Gasteiger partial charge on any atom is 0.261 e. The number of carbonyl (C=O) groups excluding carboxylic acids is 1. The van der Waals surface area contributed by atoms with Crippen LogP contribution < -0.4 is 5.32 Å². The molecule has 1 aromatic heterocycles. The van der Waals surface area contributed by atoms with E-state index < -0.39 is 0 Å². The Morgan fingerprint density at radius 3 is 2.64 bits per heavy atom. The van der Waals surface area contributed by atoms with Gasteiger partial charge in [-0.15, -0.1) is 0 Å². The summed E-state index contributed by atoms with van der Waals surface area (Å²) in [5, 5.41) is 16.5. The van der Waals surface area contributed by atoms with E-state index in [1.807, 2.05) is 26.8 Å². The summed E-state index contributed by atoms with van der Waals surface area (Å²) in [6.45, 7) is 6.23. The minimum atomic E-state index is -0.385. The van der Waals surface area contributed by atoms with E-state index in [2.05, 4.69) is 10.4 Å². The number of aromatic nitrogens is 2. The van der Waals surface area contributed by atoms with Gasteiger partial charge in [0.1, 0.15) is 17.5 Å². The van der Waals surface area contributed by atoms with E-state index in [0.29, 0.717) is 23.5 Å². The van der Waals surface area contributed by atoms with Crippen LogP contribution in [0.15, 0.2) is 29.8 Å². The van der Waals surface area contributed by atoms with Gasteiger partial charge in [-0.1, -0.05) is 13.3 Å². The molecule has 0 radical (unpaired) electrons. The van der Waals surface area contributed by atoms with Crippen LogP contribution in [0.25, 0.3) is 11.8 Å². The first kappa shape index (κ1) is 18.4. The largest absolute Gasteiger partial charge is 0.351 e. The van der Waals surface area contributed by atoms with E-state index >= 15 is 0 Å². The molecule has 0 unspecified atom stereocenters. The Labute approximate surface area is 146 Å². The van der Waals surface area contributed by atoms with Gasteiger partial charge in [-0.2, -0.15) is 10.4 Å². The second kappa shape index (κ2) is 8.25. The molecule has 1 heterocycles. The fraction of sp³-hybridized carbons (Fsp3) is 0.316. The Hall–Kier alpha value is -2.94. The summed E-state index contributed by atoms with van der Waals surface area (Å²) >= 11 is 0. The van der Waals surface area contributed by atoms with Crippen molar-refractivity contribution in [2.75, 3.05) is 6.54 Å². The summed E-state index contributed by atoms with van der Waals surface area (Å²) in [6.07, 6.45) is 3.39. The van der Waals surface area contributed by atoms with Crippen molar-refractivity contribution in [2.45, 2.75) is 33.6 Å². The maximum absolute atomic E-state index is 13.1.